The highest BCUT2D eigenvalue weighted by Crippen LogP contribution is 2.76. The Morgan fingerprint density at radius 3 is 1.74 bits per heavy atom. The lowest BCUT2D eigenvalue weighted by Crippen LogP contribution is -2.69. The Morgan fingerprint density at radius 2 is 1.10 bits per heavy atom. The normalized spacial score (nSPS) is 48.6. The van der Waals surface area contributed by atoms with E-state index in [0.717, 1.165) is 12.5 Å². The lowest BCUT2D eigenvalue weighted by atomic mass is 9.33. The topological polar surface area (TPSA) is 651 Å². The minimum absolute atomic E-state index is 0.0298. The van der Waals surface area contributed by atoms with E-state index in [-0.39, 0.29) is 48.5 Å². The van der Waals surface area contributed by atoms with Crippen molar-refractivity contribution in [1.29, 1.82) is 0 Å². The van der Waals surface area contributed by atoms with Gasteiger partial charge in [-0.1, -0.05) is 72.3 Å². The number of carbonyl (C=O) groups excluding carboxylic acids is 4. The zero-order chi connectivity index (χ0) is 95.8. The van der Waals surface area contributed by atoms with E-state index < -0.39 is 343 Å². The Kier molecular flexibility index (Phi) is 32.5. The van der Waals surface area contributed by atoms with Crippen LogP contribution in [0.4, 0.5) is 0 Å². The van der Waals surface area contributed by atoms with Gasteiger partial charge < -0.3 is 193 Å². The molecule has 0 aromatic rings. The van der Waals surface area contributed by atoms with Crippen LogP contribution in [0.2, 0.25) is 0 Å². The number of ether oxygens (including phenoxy) is 18. The van der Waals surface area contributed by atoms with Gasteiger partial charge in [0.1, 0.15) is 159 Å². The number of hydrogen-bond donors (Lipinski definition) is 21. The largest absolute Gasteiger partial charge is 0.459 e. The Labute approximate surface area is 757 Å². The molecule has 21 N–H and O–H groups in total. The van der Waals surface area contributed by atoms with Crippen molar-refractivity contribution < 1.29 is 207 Å². The summed E-state index contributed by atoms with van der Waals surface area (Å²) in [5, 5.41) is 225. The number of aliphatic hydroxyl groups is 20. The summed E-state index contributed by atoms with van der Waals surface area (Å²) in [6.07, 6.45) is -51.0. The number of hydrogen-bond acceptors (Lipinski definition) is 42. The second-order valence-corrected chi connectivity index (χ2v) is 40.6. The van der Waals surface area contributed by atoms with Crippen molar-refractivity contribution in [1.82, 2.24) is 5.32 Å². The van der Waals surface area contributed by atoms with E-state index in [1.807, 2.05) is 0 Å². The van der Waals surface area contributed by atoms with Gasteiger partial charge in [0.05, 0.1) is 70.0 Å². The SMILES string of the molecule is C=C[C@](C)(O)CC/C=C(\C)C(=O)OC[C@H]1O[C@@H](OC(=O)[C@@]23CCC(C)(C)C[C@@H]2C2=CC[C@@H]4[C@@]5(C)CC[C@H](O[C@@H]6O[C@H](CO[C@@H]7OC[C@H](O)[C@H](O)[C@H]7O[C@@H]7OC[C@@H](O)[C@H](O)[C@H]7O)[C@@H](O[C@@H]7O[C@H](CO)[C@@H](O)[C@H](O)[C@H]7O)[C@H](O)[C@H]6NC(C)=O)C(C)(C)[C@@H]5CC[C@@]4(C)[C@]2(C)CC3)[C@H](O[C@@H]2OC[C@@H](O)[C@H](O[C@@H]3OC[C@](O)(CO)[C@H]3O)[C@H]2O)[C@@H](O)[C@@H]1O[C@@H]1O[C@H](CO)[C@@H](O)[C@H](O)[C@H]1OC(C)=O. The van der Waals surface area contributed by atoms with Crippen molar-refractivity contribution in [3.8, 4) is 0 Å². The number of aliphatic hydroxyl groups excluding tert-OH is 18. The molecule has 44 atom stereocenters. The highest BCUT2D eigenvalue weighted by molar-refractivity contribution is 5.87. The van der Waals surface area contributed by atoms with Crippen LogP contribution in [-0.2, 0) is 104 Å². The molecule has 8 heterocycles. The van der Waals surface area contributed by atoms with Gasteiger partial charge in [-0.25, -0.2) is 4.79 Å². The first kappa shape index (κ1) is 104. The van der Waals surface area contributed by atoms with Crippen LogP contribution in [0.25, 0.3) is 0 Å². The molecule has 4 saturated carbocycles. The molecule has 43 heteroatoms. The average Bonchev–Trinajstić information content (AvgIpc) is 0.813. The molecule has 13 aliphatic rings. The van der Waals surface area contributed by atoms with Gasteiger partial charge in [-0.05, 0) is 136 Å². The molecule has 1 amide bonds. The van der Waals surface area contributed by atoms with Crippen molar-refractivity contribution in [2.45, 2.75) is 379 Å². The van der Waals surface area contributed by atoms with Crippen molar-refractivity contribution in [2.75, 3.05) is 59.5 Å². The highest BCUT2D eigenvalue weighted by Gasteiger charge is 2.71. The second kappa shape index (κ2) is 40.9. The molecule has 748 valence electrons. The summed E-state index contributed by atoms with van der Waals surface area (Å²) < 4.78 is 111. The zero-order valence-electron chi connectivity index (χ0n) is 75.7. The Hall–Kier alpha value is -4.30. The van der Waals surface area contributed by atoms with E-state index in [1.54, 1.807) is 0 Å². The number of amides is 1. The smallest absolute Gasteiger partial charge is 0.333 e. The Bertz CT molecular complexity index is 3970. The second-order valence-electron chi connectivity index (χ2n) is 40.6. The van der Waals surface area contributed by atoms with Gasteiger partial charge in [-0.3, -0.25) is 14.4 Å². The maximum atomic E-state index is 16.6. The fourth-order valence-electron chi connectivity index (χ4n) is 23.0. The molecule has 8 aliphatic heterocycles. The summed E-state index contributed by atoms with van der Waals surface area (Å²) in [7, 11) is 0. The van der Waals surface area contributed by atoms with Crippen LogP contribution in [0.3, 0.4) is 0 Å². The van der Waals surface area contributed by atoms with Gasteiger partial charge in [0.15, 0.2) is 56.2 Å². The molecular formula is C88H139NO42. The summed E-state index contributed by atoms with van der Waals surface area (Å²) in [4.78, 5) is 56.8. The van der Waals surface area contributed by atoms with E-state index in [2.05, 4.69) is 66.4 Å². The number of esters is 3. The molecule has 0 bridgehead atoms. The lowest BCUT2D eigenvalue weighted by Gasteiger charge is -2.71. The Balaban J connectivity index is 0.794. The summed E-state index contributed by atoms with van der Waals surface area (Å²) in [5.74, 6) is -4.08. The van der Waals surface area contributed by atoms with E-state index in [4.69, 9.17) is 85.3 Å². The first-order chi connectivity index (χ1) is 61.5. The maximum absolute atomic E-state index is 16.6. The number of nitrogens with one attached hydrogen (secondary N) is 1. The van der Waals surface area contributed by atoms with Gasteiger partial charge >= 0.3 is 17.9 Å². The molecule has 0 aromatic heterocycles. The standard InChI is InChI=1S/C88H139NO42/c1-13-83(9,112)20-14-15-37(2)71(110)114-33-47-66(128-77-68(120-39(4)94)59(104)56(101)46(29-91)122-77)62(107)69(130-74-63(108)64(44(97)32-116-74)126-79-70(109)88(113,35-92)36-119-79)78(124-47)131-80(111)87-25-23-81(5,6)27-41(87)40-16-17-50-84(10)21-19-51(82(7,8)49(84)18-22-86(50,12)85(40,11)24-26-87)125-72-52(89-38(3)93)57(102)65(127-75-61(106)58(103)55(100)45(28-90)121-75)48(123-72)34-118-76-67(54(99)43(96)31-117-76)129-73-60(105)53(98)42(95)30-115-73/h13,15-16,41-70,72-79,90-92,95-109,112-113H,1,14,17-36H2,2-12H3,(H,89,93)/b37-15+/t41-,42-,43+,44-,45-,46-,47-,48-,49+,50-,51+,52-,53+,54+,55-,56-,57-,58+,59+,60-,61-,62+,63-,64+,65-,66-,67-,68-,69-,70+,72+,73+,74+,75+,76+,77+,78+,79+,83+,84+,85-,86-,87-,88-/m1/s1. The molecule has 0 aromatic carbocycles. The predicted molar refractivity (Wildman–Crippen MR) is 438 cm³/mol. The predicted octanol–water partition coefficient (Wildman–Crippen LogP) is -5.25. The molecule has 0 unspecified atom stereocenters. The first-order valence-corrected chi connectivity index (χ1v) is 45.4. The molecule has 8 saturated heterocycles. The van der Waals surface area contributed by atoms with Gasteiger partial charge in [0.25, 0.3) is 0 Å². The van der Waals surface area contributed by atoms with Crippen LogP contribution >= 0.6 is 0 Å². The molecule has 12 fully saturated rings. The number of rotatable bonds is 29. The monoisotopic (exact) mass is 1880 g/mol. The van der Waals surface area contributed by atoms with Crippen LogP contribution in [0.1, 0.15) is 153 Å². The first-order valence-electron chi connectivity index (χ1n) is 45.4. The van der Waals surface area contributed by atoms with Gasteiger partial charge in [0.2, 0.25) is 12.2 Å². The molecule has 0 spiro atoms. The third-order valence-corrected chi connectivity index (χ3v) is 31.2. The quantitative estimate of drug-likeness (QED) is 0.0109. The van der Waals surface area contributed by atoms with E-state index in [1.165, 1.54) is 32.9 Å². The lowest BCUT2D eigenvalue weighted by molar-refractivity contribution is -0.381. The third-order valence-electron chi connectivity index (χ3n) is 31.2. The van der Waals surface area contributed by atoms with Crippen LogP contribution in [0.5, 0.6) is 0 Å². The van der Waals surface area contributed by atoms with E-state index in [0.29, 0.717) is 51.4 Å². The fraction of sp³-hybridized carbons (Fsp3) is 0.886. The zero-order valence-corrected chi connectivity index (χ0v) is 75.7. The van der Waals surface area contributed by atoms with Crippen molar-refractivity contribution in [2.24, 2.45) is 50.2 Å². The van der Waals surface area contributed by atoms with Crippen molar-refractivity contribution >= 4 is 23.8 Å². The average molecular weight is 1880 g/mol. The molecular weight excluding hydrogens is 1740 g/mol. The molecule has 5 aliphatic carbocycles. The maximum Gasteiger partial charge on any atom is 0.333 e. The van der Waals surface area contributed by atoms with Crippen LogP contribution in [0, 0.1) is 50.2 Å². The van der Waals surface area contributed by atoms with Gasteiger partial charge in [-0.15, -0.1) is 6.58 Å². The van der Waals surface area contributed by atoms with Gasteiger partial charge in [0, 0.05) is 19.4 Å². The third kappa shape index (κ3) is 20.4. The van der Waals surface area contributed by atoms with Crippen LogP contribution in [-0.4, -0.2) is 412 Å². The minimum atomic E-state index is -2.24. The summed E-state index contributed by atoms with van der Waals surface area (Å²) >= 11 is 0. The molecule has 131 heavy (non-hydrogen) atoms. The van der Waals surface area contributed by atoms with Gasteiger partial charge in [-0.2, -0.15) is 0 Å². The van der Waals surface area contributed by atoms with Crippen molar-refractivity contribution in [3.05, 3.63) is 36.0 Å². The van der Waals surface area contributed by atoms with Crippen LogP contribution < -0.4 is 5.32 Å². The van der Waals surface area contributed by atoms with Crippen molar-refractivity contribution in [3.63, 3.8) is 0 Å². The number of carbonyl (C=O) groups is 4. The summed E-state index contributed by atoms with van der Waals surface area (Å²) in [5.41, 5.74) is -6.52. The molecule has 43 nitrogen and oxygen atoms in total. The van der Waals surface area contributed by atoms with Crippen LogP contribution in [0.15, 0.2) is 36.0 Å². The van der Waals surface area contributed by atoms with E-state index >= 15 is 4.79 Å². The Morgan fingerprint density at radius 1 is 0.534 bits per heavy atom. The highest BCUT2D eigenvalue weighted by atomic mass is 16.8. The number of allylic oxidation sites excluding steroid dienone is 3. The molecule has 0 radical (unpaired) electrons. The molecule has 13 rings (SSSR count). The number of fused-ring (bicyclic) bond motifs is 7. The summed E-state index contributed by atoms with van der Waals surface area (Å²) in [6, 6.07) is -1.48. The fourth-order valence-corrected chi connectivity index (χ4v) is 23.0. The minimum Gasteiger partial charge on any atom is -0.459 e. The van der Waals surface area contributed by atoms with E-state index in [9.17, 15) is 117 Å². The summed E-state index contributed by atoms with van der Waals surface area (Å²) in [6.45, 7) is 17.4.